The maximum absolute atomic E-state index is 11.2. The van der Waals surface area contributed by atoms with Crippen LogP contribution in [0.2, 0.25) is 0 Å². The number of furan rings is 1. The largest absolute Gasteiger partial charge is 0.469 e. The van der Waals surface area contributed by atoms with Gasteiger partial charge in [-0.05, 0) is 31.2 Å². The third kappa shape index (κ3) is 2.18. The van der Waals surface area contributed by atoms with Crippen LogP contribution in [-0.2, 0) is 4.79 Å². The average Bonchev–Trinajstić information content (AvgIpc) is 2.87. The number of Topliss-reactive ketones (excluding diaryl/α,β-unsaturated/α-hetero) is 1. The molecule has 2 aromatic rings. The van der Waals surface area contributed by atoms with Gasteiger partial charge in [0.1, 0.15) is 11.5 Å². The highest BCUT2D eigenvalue weighted by atomic mass is 16.3. The van der Waals surface area contributed by atoms with Crippen LogP contribution in [-0.4, -0.2) is 10.8 Å². The summed E-state index contributed by atoms with van der Waals surface area (Å²) in [7, 11) is 0. The van der Waals surface area contributed by atoms with Gasteiger partial charge in [0.2, 0.25) is 0 Å². The highest BCUT2D eigenvalue weighted by Crippen LogP contribution is 2.27. The van der Waals surface area contributed by atoms with Crippen molar-refractivity contribution in [2.75, 3.05) is 0 Å². The van der Waals surface area contributed by atoms with Gasteiger partial charge in [0.15, 0.2) is 0 Å². The molecule has 0 saturated heterocycles. The first kappa shape index (κ1) is 9.77. The van der Waals surface area contributed by atoms with Gasteiger partial charge in [0.25, 0.3) is 0 Å². The predicted octanol–water partition coefficient (Wildman–Crippen LogP) is 2.72. The normalized spacial score (nSPS) is 12.6. The molecule has 0 aliphatic rings. The Morgan fingerprint density at radius 3 is 2.87 bits per heavy atom. The number of carbonyl (C=O) groups is 1. The van der Waals surface area contributed by atoms with Crippen molar-refractivity contribution in [2.45, 2.75) is 19.3 Å². The van der Waals surface area contributed by atoms with E-state index in [1.807, 2.05) is 30.5 Å². The predicted molar refractivity (Wildman–Crippen MR) is 56.6 cm³/mol. The molecule has 0 aromatic carbocycles. The number of aromatic amines is 1. The van der Waals surface area contributed by atoms with Gasteiger partial charge in [0.05, 0.1) is 12.2 Å². The second-order valence-electron chi connectivity index (χ2n) is 3.60. The molecule has 0 saturated carbocycles. The highest BCUT2D eigenvalue weighted by molar-refractivity contribution is 5.76. The summed E-state index contributed by atoms with van der Waals surface area (Å²) >= 11 is 0. The maximum atomic E-state index is 11.2. The van der Waals surface area contributed by atoms with Crippen LogP contribution < -0.4 is 0 Å². The molecule has 2 heterocycles. The van der Waals surface area contributed by atoms with Crippen molar-refractivity contribution >= 4 is 5.78 Å². The highest BCUT2D eigenvalue weighted by Gasteiger charge is 2.19. The van der Waals surface area contributed by atoms with E-state index in [-0.39, 0.29) is 11.7 Å². The lowest BCUT2D eigenvalue weighted by Gasteiger charge is -2.10. The Balaban J connectivity index is 2.29. The van der Waals surface area contributed by atoms with Crippen LogP contribution >= 0.6 is 0 Å². The van der Waals surface area contributed by atoms with E-state index in [2.05, 4.69) is 4.98 Å². The van der Waals surface area contributed by atoms with E-state index in [4.69, 9.17) is 4.42 Å². The minimum atomic E-state index is 0.00694. The average molecular weight is 203 g/mol. The van der Waals surface area contributed by atoms with Gasteiger partial charge in [-0.2, -0.15) is 0 Å². The third-order valence-electron chi connectivity index (χ3n) is 2.38. The van der Waals surface area contributed by atoms with Crippen molar-refractivity contribution in [3.05, 3.63) is 48.2 Å². The van der Waals surface area contributed by atoms with Gasteiger partial charge in [-0.15, -0.1) is 0 Å². The fourth-order valence-electron chi connectivity index (χ4n) is 1.70. The molecule has 1 unspecified atom stereocenters. The zero-order valence-electron chi connectivity index (χ0n) is 8.57. The summed E-state index contributed by atoms with van der Waals surface area (Å²) in [4.78, 5) is 14.3. The zero-order valence-corrected chi connectivity index (χ0v) is 8.57. The molecular weight excluding hydrogens is 190 g/mol. The first-order chi connectivity index (χ1) is 7.27. The second kappa shape index (κ2) is 4.17. The Labute approximate surface area is 88.1 Å². The molecule has 0 amide bonds. The molecule has 0 spiro atoms. The molecule has 15 heavy (non-hydrogen) atoms. The quantitative estimate of drug-likeness (QED) is 0.830. The van der Waals surface area contributed by atoms with Crippen LogP contribution in [0.1, 0.15) is 30.7 Å². The van der Waals surface area contributed by atoms with Gasteiger partial charge in [-0.25, -0.2) is 0 Å². The molecule has 2 rings (SSSR count). The van der Waals surface area contributed by atoms with E-state index >= 15 is 0 Å². The summed E-state index contributed by atoms with van der Waals surface area (Å²) in [5.41, 5.74) is 1.01. The van der Waals surface area contributed by atoms with Crippen molar-refractivity contribution in [1.82, 2.24) is 4.98 Å². The van der Waals surface area contributed by atoms with Gasteiger partial charge in [-0.1, -0.05) is 0 Å². The minimum Gasteiger partial charge on any atom is -0.469 e. The summed E-state index contributed by atoms with van der Waals surface area (Å²) in [5.74, 6) is 0.992. The van der Waals surface area contributed by atoms with Crippen molar-refractivity contribution in [3.63, 3.8) is 0 Å². The van der Waals surface area contributed by atoms with Crippen molar-refractivity contribution in [1.29, 1.82) is 0 Å². The third-order valence-corrected chi connectivity index (χ3v) is 2.38. The number of hydrogen-bond acceptors (Lipinski definition) is 2. The van der Waals surface area contributed by atoms with Crippen LogP contribution in [0.5, 0.6) is 0 Å². The molecular formula is C12H13NO2. The van der Waals surface area contributed by atoms with Crippen LogP contribution in [0.25, 0.3) is 0 Å². The number of carbonyl (C=O) groups excluding carboxylic acids is 1. The first-order valence-corrected chi connectivity index (χ1v) is 4.93. The van der Waals surface area contributed by atoms with E-state index in [1.165, 1.54) is 0 Å². The molecule has 0 radical (unpaired) electrons. The standard InChI is InChI=1S/C12H13NO2/c1-9(14)8-10(11-4-2-6-13-11)12-5-3-7-15-12/h2-7,10,13H,8H2,1H3. The Morgan fingerprint density at radius 2 is 2.33 bits per heavy atom. The summed E-state index contributed by atoms with van der Waals surface area (Å²) in [6.07, 6.45) is 3.95. The number of nitrogens with one attached hydrogen (secondary N) is 1. The summed E-state index contributed by atoms with van der Waals surface area (Å²) in [5, 5.41) is 0. The monoisotopic (exact) mass is 203 g/mol. The Kier molecular flexibility index (Phi) is 2.72. The van der Waals surface area contributed by atoms with Crippen molar-refractivity contribution in [2.24, 2.45) is 0 Å². The second-order valence-corrected chi connectivity index (χ2v) is 3.60. The molecule has 2 aromatic heterocycles. The maximum Gasteiger partial charge on any atom is 0.130 e. The number of hydrogen-bond donors (Lipinski definition) is 1. The molecule has 0 bridgehead atoms. The van der Waals surface area contributed by atoms with Crippen LogP contribution in [0.4, 0.5) is 0 Å². The summed E-state index contributed by atoms with van der Waals surface area (Å²) in [6.45, 7) is 1.60. The van der Waals surface area contributed by atoms with Gasteiger partial charge in [-0.3, -0.25) is 4.79 Å². The fraction of sp³-hybridized carbons (Fsp3) is 0.250. The van der Waals surface area contributed by atoms with E-state index in [1.54, 1.807) is 13.2 Å². The van der Waals surface area contributed by atoms with Crippen molar-refractivity contribution in [3.8, 4) is 0 Å². The van der Waals surface area contributed by atoms with Crippen LogP contribution in [0.3, 0.4) is 0 Å². The number of rotatable bonds is 4. The topological polar surface area (TPSA) is 46.0 Å². The lowest BCUT2D eigenvalue weighted by molar-refractivity contribution is -0.117. The lowest BCUT2D eigenvalue weighted by atomic mass is 9.97. The van der Waals surface area contributed by atoms with E-state index < -0.39 is 0 Å². The Bertz CT molecular complexity index is 380. The first-order valence-electron chi connectivity index (χ1n) is 4.93. The molecule has 1 N–H and O–H groups in total. The smallest absolute Gasteiger partial charge is 0.130 e. The summed E-state index contributed by atoms with van der Waals surface area (Å²) in [6, 6.07) is 7.63. The van der Waals surface area contributed by atoms with E-state index in [9.17, 15) is 4.79 Å². The van der Waals surface area contributed by atoms with Crippen LogP contribution in [0.15, 0.2) is 41.1 Å². The van der Waals surface area contributed by atoms with E-state index in [0.717, 1.165) is 11.5 Å². The minimum absolute atomic E-state index is 0.00694. The molecule has 78 valence electrons. The van der Waals surface area contributed by atoms with Crippen LogP contribution in [0, 0.1) is 0 Å². The summed E-state index contributed by atoms with van der Waals surface area (Å²) < 4.78 is 5.35. The molecule has 1 atom stereocenters. The van der Waals surface area contributed by atoms with E-state index in [0.29, 0.717) is 6.42 Å². The molecule has 0 aliphatic carbocycles. The molecule has 3 nitrogen and oxygen atoms in total. The number of ketones is 1. The molecule has 0 aliphatic heterocycles. The molecule has 3 heteroatoms. The van der Waals surface area contributed by atoms with Gasteiger partial charge in [0, 0.05) is 18.3 Å². The number of H-pyrrole nitrogens is 1. The van der Waals surface area contributed by atoms with Gasteiger partial charge >= 0.3 is 0 Å². The Hall–Kier alpha value is -1.77. The lowest BCUT2D eigenvalue weighted by Crippen LogP contribution is -2.05. The van der Waals surface area contributed by atoms with Crippen molar-refractivity contribution < 1.29 is 9.21 Å². The number of aromatic nitrogens is 1. The molecule has 0 fully saturated rings. The van der Waals surface area contributed by atoms with Gasteiger partial charge < -0.3 is 9.40 Å². The Morgan fingerprint density at radius 1 is 1.47 bits per heavy atom. The zero-order chi connectivity index (χ0) is 10.7. The fourth-order valence-corrected chi connectivity index (χ4v) is 1.70. The SMILES string of the molecule is CC(=O)CC(c1ccc[nH]1)c1ccco1.